The average molecular weight is 240 g/mol. The van der Waals surface area contributed by atoms with Gasteiger partial charge in [0.2, 0.25) is 0 Å². The van der Waals surface area contributed by atoms with E-state index in [-0.39, 0.29) is 19.5 Å². The number of rotatable bonds is 0. The van der Waals surface area contributed by atoms with Crippen LogP contribution in [-0.4, -0.2) is 13.6 Å². The second kappa shape index (κ2) is 16.2. The molecular formula is C8H11O2Ru. The molecule has 1 rings (SSSR count). The minimum Gasteiger partial charge on any atom is -0.307 e. The molecule has 0 aromatic heterocycles. The predicted octanol–water partition coefficient (Wildman–Crippen LogP) is 1.32. The van der Waals surface area contributed by atoms with Crippen LogP contribution in [0.15, 0.2) is 17.7 Å². The Hall–Kier alpha value is -0.557. The summed E-state index contributed by atoms with van der Waals surface area (Å²) in [7, 11) is 0. The van der Waals surface area contributed by atoms with Gasteiger partial charge in [-0.2, -0.15) is 6.08 Å². The van der Waals surface area contributed by atoms with Crippen molar-refractivity contribution in [3.05, 3.63) is 23.8 Å². The molecule has 0 unspecified atom stereocenters. The monoisotopic (exact) mass is 241 g/mol. The van der Waals surface area contributed by atoms with Crippen LogP contribution in [0.2, 0.25) is 0 Å². The van der Waals surface area contributed by atoms with Crippen LogP contribution in [0.3, 0.4) is 0 Å². The smallest absolute Gasteiger partial charge is 0.307 e. The maximum absolute atomic E-state index is 8.00. The fourth-order valence-electron chi connectivity index (χ4n) is 0.515. The number of carbonyl (C=O) groups is 2. The molecule has 1 aliphatic rings. The third-order valence-corrected chi connectivity index (χ3v) is 0.867. The van der Waals surface area contributed by atoms with Gasteiger partial charge in [-0.1, -0.05) is 6.92 Å². The number of hydrogen-bond acceptors (Lipinski definition) is 2. The molecule has 0 fully saturated rings. The summed E-state index contributed by atoms with van der Waals surface area (Å²) >= 11 is 0. The van der Waals surface area contributed by atoms with Gasteiger partial charge in [0.25, 0.3) is 0 Å². The molecule has 0 bridgehead atoms. The number of hydrogen-bond donors (Lipinski definition) is 0. The van der Waals surface area contributed by atoms with Crippen molar-refractivity contribution >= 4 is 13.6 Å². The van der Waals surface area contributed by atoms with Gasteiger partial charge in [-0.05, 0) is 0 Å². The second-order valence-electron chi connectivity index (χ2n) is 1.47. The molecule has 0 saturated heterocycles. The minimum atomic E-state index is 0. The first-order chi connectivity index (χ1) is 4.89. The summed E-state index contributed by atoms with van der Waals surface area (Å²) in [4.78, 5) is 16.0. The van der Waals surface area contributed by atoms with Crippen molar-refractivity contribution in [3.8, 4) is 0 Å². The van der Waals surface area contributed by atoms with E-state index in [2.05, 4.69) is 25.2 Å². The number of allylic oxidation sites excluding steroid dienone is 4. The largest absolute Gasteiger partial charge is 1.00 e. The van der Waals surface area contributed by atoms with Gasteiger partial charge >= 0.3 is 19.5 Å². The van der Waals surface area contributed by atoms with Crippen molar-refractivity contribution < 1.29 is 29.1 Å². The Balaban J connectivity index is -0.000000114. The summed E-state index contributed by atoms with van der Waals surface area (Å²) in [5.41, 5.74) is 1.27. The van der Waals surface area contributed by atoms with Gasteiger partial charge in [0.15, 0.2) is 0 Å². The molecule has 1 radical (unpaired) electrons. The van der Waals surface area contributed by atoms with Crippen molar-refractivity contribution in [2.45, 2.75) is 13.3 Å². The average Bonchev–Trinajstić information content (AvgIpc) is 2.48. The zero-order chi connectivity index (χ0) is 8.41. The van der Waals surface area contributed by atoms with Gasteiger partial charge in [-0.15, -0.1) is 6.42 Å². The zero-order valence-corrected chi connectivity index (χ0v) is 8.18. The maximum atomic E-state index is 8.00. The van der Waals surface area contributed by atoms with E-state index in [4.69, 9.17) is 9.59 Å². The molecule has 0 N–H and O–H groups in total. The molecule has 0 spiro atoms. The van der Waals surface area contributed by atoms with Gasteiger partial charge in [0.05, 0.1) is 0 Å². The summed E-state index contributed by atoms with van der Waals surface area (Å²) in [5, 5.41) is 0. The summed E-state index contributed by atoms with van der Waals surface area (Å²) in [6.07, 6.45) is 8.33. The van der Waals surface area contributed by atoms with Gasteiger partial charge in [-0.3, -0.25) is 6.08 Å². The molecule has 11 heavy (non-hydrogen) atoms. The Morgan fingerprint density at radius 1 is 1.36 bits per heavy atom. The number of carbonyl (C=O) groups excluding carboxylic acids is 2. The molecular weight excluding hydrogens is 229 g/mol. The first-order valence-corrected chi connectivity index (χ1v) is 2.71. The van der Waals surface area contributed by atoms with Crippen LogP contribution in [0.1, 0.15) is 13.3 Å². The van der Waals surface area contributed by atoms with Crippen LogP contribution in [0, 0.1) is 6.08 Å². The normalized spacial score (nSPS) is 10.8. The fourth-order valence-corrected chi connectivity index (χ4v) is 0.515. The van der Waals surface area contributed by atoms with E-state index in [9.17, 15) is 0 Å². The quantitative estimate of drug-likeness (QED) is 0.473. The Kier molecular flexibility index (Phi) is 24.8. The predicted molar refractivity (Wildman–Crippen MR) is 40.4 cm³/mol. The Morgan fingerprint density at radius 3 is 1.91 bits per heavy atom. The molecule has 0 heterocycles. The van der Waals surface area contributed by atoms with Crippen LogP contribution in [-0.2, 0) is 29.1 Å². The summed E-state index contributed by atoms with van der Waals surface area (Å²) < 4.78 is 0. The van der Waals surface area contributed by atoms with Crippen LogP contribution in [0.5, 0.6) is 0 Å². The molecule has 0 aromatic rings. The van der Waals surface area contributed by atoms with Crippen molar-refractivity contribution in [3.63, 3.8) is 0 Å². The van der Waals surface area contributed by atoms with E-state index in [0.29, 0.717) is 0 Å². The van der Waals surface area contributed by atoms with Gasteiger partial charge in [0.1, 0.15) is 13.6 Å². The van der Waals surface area contributed by atoms with Crippen molar-refractivity contribution in [1.82, 2.24) is 0 Å². The Bertz CT molecular complexity index is 125. The fraction of sp³-hybridized carbons (Fsp3) is 0.250. The third kappa shape index (κ3) is 12.6. The first-order valence-electron chi connectivity index (χ1n) is 2.71. The van der Waals surface area contributed by atoms with E-state index in [1.54, 1.807) is 0 Å². The summed E-state index contributed by atoms with van der Waals surface area (Å²) in [5.74, 6) is 0. The Morgan fingerprint density at radius 2 is 1.82 bits per heavy atom. The Labute approximate surface area is 80.1 Å². The van der Waals surface area contributed by atoms with E-state index >= 15 is 0 Å². The van der Waals surface area contributed by atoms with Gasteiger partial charge in [-0.25, -0.2) is 11.6 Å². The van der Waals surface area contributed by atoms with Gasteiger partial charge in [0, 0.05) is 0 Å². The van der Waals surface area contributed by atoms with E-state index in [1.165, 1.54) is 5.57 Å². The van der Waals surface area contributed by atoms with Crippen molar-refractivity contribution in [2.24, 2.45) is 0 Å². The molecule has 0 aromatic carbocycles. The molecule has 0 amide bonds. The zero-order valence-electron chi connectivity index (χ0n) is 6.45. The molecule has 0 saturated carbocycles. The van der Waals surface area contributed by atoms with Crippen molar-refractivity contribution in [1.29, 1.82) is 0 Å². The second-order valence-corrected chi connectivity index (χ2v) is 1.47. The van der Waals surface area contributed by atoms with Gasteiger partial charge < -0.3 is 9.59 Å². The van der Waals surface area contributed by atoms with Crippen LogP contribution in [0.25, 0.3) is 0 Å². The molecule has 3 heteroatoms. The van der Waals surface area contributed by atoms with E-state index in [0.717, 1.165) is 6.42 Å². The van der Waals surface area contributed by atoms with Crippen LogP contribution in [0.4, 0.5) is 0 Å². The minimum absolute atomic E-state index is 0. The third-order valence-electron chi connectivity index (χ3n) is 0.867. The molecule has 2 nitrogen and oxygen atoms in total. The SMILES string of the molecule is C=O.C=O.CC1=[C-]CC=C1.[Ru+]. The maximum Gasteiger partial charge on any atom is 1.00 e. The van der Waals surface area contributed by atoms with Crippen molar-refractivity contribution in [2.75, 3.05) is 0 Å². The molecule has 0 atom stereocenters. The first kappa shape index (κ1) is 16.8. The standard InChI is InChI=1S/C6H7.2CH2O.Ru/c1-6-4-2-3-5-6;2*1-2;/h2,4H,3H2,1H3;2*1H2;/q-1;;;+1. The van der Waals surface area contributed by atoms with E-state index < -0.39 is 0 Å². The van der Waals surface area contributed by atoms with Crippen LogP contribution < -0.4 is 0 Å². The molecule has 1 aliphatic carbocycles. The topological polar surface area (TPSA) is 34.1 Å². The van der Waals surface area contributed by atoms with E-state index in [1.807, 2.05) is 13.6 Å². The van der Waals surface area contributed by atoms with Crippen LogP contribution >= 0.6 is 0 Å². The molecule has 0 aliphatic heterocycles. The molecule has 63 valence electrons. The summed E-state index contributed by atoms with van der Waals surface area (Å²) in [6, 6.07) is 0. The summed E-state index contributed by atoms with van der Waals surface area (Å²) in [6.45, 7) is 6.06.